The van der Waals surface area contributed by atoms with Gasteiger partial charge >= 0.3 is 0 Å². The van der Waals surface area contributed by atoms with Crippen molar-refractivity contribution in [3.63, 3.8) is 0 Å². The Balaban J connectivity index is 4.93. The average Bonchev–Trinajstić information content (AvgIpc) is 2.49. The van der Waals surface area contributed by atoms with E-state index in [4.69, 9.17) is 11.5 Å². The number of nitrogens with two attached hydrogens (primary N) is 2. The zero-order valence-electron chi connectivity index (χ0n) is 16.6. The standard InChI is InChI=1S/C18H36N4O4/c1-10(2)8-13(20)9-15(24)22-16(12(5)23)18(26)21-14(6-7-19)17(25)11(3)4/h10-14,16,23H,6-9,19-20H2,1-5H3,(H,21,26)(H,22,24)/t12?,13-,14+,16+/m1/s1. The molecule has 0 aromatic carbocycles. The number of nitrogens with one attached hydrogen (secondary N) is 2. The minimum Gasteiger partial charge on any atom is -0.391 e. The number of carbonyl (C=O) groups is 3. The number of amides is 2. The summed E-state index contributed by atoms with van der Waals surface area (Å²) in [6, 6.07) is -2.22. The Labute approximate surface area is 156 Å². The third kappa shape index (κ3) is 9.26. The van der Waals surface area contributed by atoms with Gasteiger partial charge in [0.1, 0.15) is 6.04 Å². The van der Waals surface area contributed by atoms with Crippen molar-refractivity contribution in [1.29, 1.82) is 0 Å². The molecule has 0 spiro atoms. The molecule has 0 aliphatic carbocycles. The minimum atomic E-state index is -1.16. The molecule has 152 valence electrons. The number of Topliss-reactive ketones (excluding diaryl/α,β-unsaturated/α-hetero) is 1. The van der Waals surface area contributed by atoms with Crippen LogP contribution in [0.1, 0.15) is 53.9 Å². The van der Waals surface area contributed by atoms with E-state index >= 15 is 0 Å². The second kappa shape index (κ2) is 12.0. The van der Waals surface area contributed by atoms with Crippen LogP contribution in [-0.4, -0.2) is 53.5 Å². The van der Waals surface area contributed by atoms with Crippen LogP contribution in [0.15, 0.2) is 0 Å². The Morgan fingerprint density at radius 1 is 1.04 bits per heavy atom. The quantitative estimate of drug-likeness (QED) is 0.317. The third-order valence-corrected chi connectivity index (χ3v) is 3.99. The summed E-state index contributed by atoms with van der Waals surface area (Å²) in [6.45, 7) is 9.13. The van der Waals surface area contributed by atoms with Crippen molar-refractivity contribution in [3.05, 3.63) is 0 Å². The Bertz CT molecular complexity index is 466. The van der Waals surface area contributed by atoms with Crippen molar-refractivity contribution in [2.45, 2.75) is 78.1 Å². The molecule has 8 nitrogen and oxygen atoms in total. The molecular weight excluding hydrogens is 336 g/mol. The molecule has 26 heavy (non-hydrogen) atoms. The number of rotatable bonds is 12. The molecule has 0 bridgehead atoms. The summed E-state index contributed by atoms with van der Waals surface area (Å²) in [5.41, 5.74) is 11.4. The van der Waals surface area contributed by atoms with Crippen LogP contribution in [0.5, 0.6) is 0 Å². The Morgan fingerprint density at radius 3 is 2.04 bits per heavy atom. The van der Waals surface area contributed by atoms with Gasteiger partial charge in [-0.3, -0.25) is 14.4 Å². The topological polar surface area (TPSA) is 148 Å². The summed E-state index contributed by atoms with van der Waals surface area (Å²) in [6.07, 6.45) is -0.0812. The van der Waals surface area contributed by atoms with E-state index in [2.05, 4.69) is 10.6 Å². The number of carbonyl (C=O) groups excluding carboxylic acids is 3. The van der Waals surface area contributed by atoms with Gasteiger partial charge in [0.25, 0.3) is 0 Å². The average molecular weight is 373 g/mol. The van der Waals surface area contributed by atoms with E-state index in [-0.39, 0.29) is 30.7 Å². The lowest BCUT2D eigenvalue weighted by Crippen LogP contribution is -2.56. The van der Waals surface area contributed by atoms with E-state index in [0.717, 1.165) is 0 Å². The molecule has 0 heterocycles. The van der Waals surface area contributed by atoms with Gasteiger partial charge in [0, 0.05) is 18.4 Å². The zero-order valence-corrected chi connectivity index (χ0v) is 16.6. The highest BCUT2D eigenvalue weighted by Gasteiger charge is 2.30. The number of hydrogen-bond donors (Lipinski definition) is 5. The fourth-order valence-electron chi connectivity index (χ4n) is 2.68. The van der Waals surface area contributed by atoms with E-state index in [1.54, 1.807) is 13.8 Å². The number of aliphatic hydroxyl groups is 1. The van der Waals surface area contributed by atoms with Gasteiger partial charge in [0.2, 0.25) is 11.8 Å². The SMILES string of the molecule is CC(C)C[C@@H](N)CC(=O)N[C@H](C(=O)N[C@@H](CCN)C(=O)C(C)C)C(C)O. The molecule has 2 amide bonds. The van der Waals surface area contributed by atoms with E-state index < -0.39 is 30.0 Å². The predicted octanol–water partition coefficient (Wildman–Crippen LogP) is -0.326. The molecule has 0 aliphatic rings. The molecule has 8 heteroatoms. The molecule has 0 radical (unpaired) electrons. The molecule has 0 saturated heterocycles. The van der Waals surface area contributed by atoms with Gasteiger partial charge in [-0.05, 0) is 32.2 Å². The Kier molecular flexibility index (Phi) is 11.3. The number of aliphatic hydroxyl groups excluding tert-OH is 1. The Hall–Kier alpha value is -1.51. The first kappa shape index (κ1) is 24.5. The first-order valence-electron chi connectivity index (χ1n) is 9.26. The van der Waals surface area contributed by atoms with Crippen LogP contribution in [0, 0.1) is 11.8 Å². The van der Waals surface area contributed by atoms with Crippen LogP contribution in [0.25, 0.3) is 0 Å². The van der Waals surface area contributed by atoms with E-state index in [0.29, 0.717) is 18.8 Å². The first-order valence-corrected chi connectivity index (χ1v) is 9.26. The van der Waals surface area contributed by atoms with Crippen molar-refractivity contribution in [2.75, 3.05) is 6.54 Å². The molecule has 0 rings (SSSR count). The predicted molar refractivity (Wildman–Crippen MR) is 101 cm³/mol. The molecule has 0 aliphatic heterocycles. The molecule has 4 atom stereocenters. The van der Waals surface area contributed by atoms with Gasteiger partial charge in [-0.2, -0.15) is 0 Å². The molecule has 0 saturated carbocycles. The second-order valence-electron chi connectivity index (χ2n) is 7.58. The van der Waals surface area contributed by atoms with Gasteiger partial charge in [-0.1, -0.05) is 27.7 Å². The summed E-state index contributed by atoms with van der Waals surface area (Å²) >= 11 is 0. The highest BCUT2D eigenvalue weighted by molar-refractivity contribution is 5.93. The minimum absolute atomic E-state index is 0.0613. The van der Waals surface area contributed by atoms with Crippen LogP contribution in [0.3, 0.4) is 0 Å². The van der Waals surface area contributed by atoms with Crippen LogP contribution in [-0.2, 0) is 14.4 Å². The monoisotopic (exact) mass is 372 g/mol. The second-order valence-corrected chi connectivity index (χ2v) is 7.58. The van der Waals surface area contributed by atoms with Gasteiger partial charge < -0.3 is 27.2 Å². The first-order chi connectivity index (χ1) is 12.0. The maximum absolute atomic E-state index is 12.5. The molecule has 0 aromatic heterocycles. The van der Waals surface area contributed by atoms with Crippen LogP contribution < -0.4 is 22.1 Å². The van der Waals surface area contributed by atoms with Gasteiger partial charge in [0.05, 0.1) is 12.1 Å². The normalized spacial score (nSPS) is 16.1. The lowest BCUT2D eigenvalue weighted by atomic mass is 9.98. The lowest BCUT2D eigenvalue weighted by molar-refractivity contribution is -0.134. The Morgan fingerprint density at radius 2 is 1.62 bits per heavy atom. The lowest BCUT2D eigenvalue weighted by Gasteiger charge is -2.25. The van der Waals surface area contributed by atoms with Crippen molar-refractivity contribution >= 4 is 17.6 Å². The van der Waals surface area contributed by atoms with E-state index in [1.165, 1.54) is 6.92 Å². The van der Waals surface area contributed by atoms with Crippen LogP contribution >= 0.6 is 0 Å². The van der Waals surface area contributed by atoms with Crippen molar-refractivity contribution in [2.24, 2.45) is 23.3 Å². The number of ketones is 1. The summed E-state index contributed by atoms with van der Waals surface area (Å²) in [4.78, 5) is 36.8. The van der Waals surface area contributed by atoms with E-state index in [9.17, 15) is 19.5 Å². The van der Waals surface area contributed by atoms with Crippen LogP contribution in [0.4, 0.5) is 0 Å². The molecule has 0 fully saturated rings. The molecular formula is C18H36N4O4. The highest BCUT2D eigenvalue weighted by Crippen LogP contribution is 2.07. The van der Waals surface area contributed by atoms with E-state index in [1.807, 2.05) is 13.8 Å². The highest BCUT2D eigenvalue weighted by atomic mass is 16.3. The van der Waals surface area contributed by atoms with Crippen molar-refractivity contribution in [1.82, 2.24) is 10.6 Å². The summed E-state index contributed by atoms with van der Waals surface area (Å²) in [5, 5.41) is 15.0. The molecule has 1 unspecified atom stereocenters. The maximum atomic E-state index is 12.5. The summed E-state index contributed by atoms with van der Waals surface area (Å²) in [5.74, 6) is -1.07. The van der Waals surface area contributed by atoms with Gasteiger partial charge in [-0.15, -0.1) is 0 Å². The third-order valence-electron chi connectivity index (χ3n) is 3.99. The van der Waals surface area contributed by atoms with Crippen LogP contribution in [0.2, 0.25) is 0 Å². The zero-order chi connectivity index (χ0) is 20.4. The maximum Gasteiger partial charge on any atom is 0.245 e. The van der Waals surface area contributed by atoms with Gasteiger partial charge in [-0.25, -0.2) is 0 Å². The number of hydrogen-bond acceptors (Lipinski definition) is 6. The smallest absolute Gasteiger partial charge is 0.245 e. The van der Waals surface area contributed by atoms with Crippen molar-refractivity contribution in [3.8, 4) is 0 Å². The molecule has 7 N–H and O–H groups in total. The van der Waals surface area contributed by atoms with Crippen molar-refractivity contribution < 1.29 is 19.5 Å². The fraction of sp³-hybridized carbons (Fsp3) is 0.833. The fourth-order valence-corrected chi connectivity index (χ4v) is 2.68. The summed E-state index contributed by atoms with van der Waals surface area (Å²) < 4.78 is 0. The molecule has 0 aromatic rings. The largest absolute Gasteiger partial charge is 0.391 e. The summed E-state index contributed by atoms with van der Waals surface area (Å²) in [7, 11) is 0. The van der Waals surface area contributed by atoms with Gasteiger partial charge in [0.15, 0.2) is 5.78 Å².